The molecule has 0 atom stereocenters. The minimum Gasteiger partial charge on any atom is -0.292 e. The van der Waals surface area contributed by atoms with E-state index in [1.807, 2.05) is 17.9 Å². The second-order valence-electron chi connectivity index (χ2n) is 4.29. The summed E-state index contributed by atoms with van der Waals surface area (Å²) >= 11 is 5.12. The van der Waals surface area contributed by atoms with Crippen LogP contribution in [0, 0.1) is 6.92 Å². The Morgan fingerprint density at radius 3 is 2.88 bits per heavy atom. The predicted octanol–water partition coefficient (Wildman–Crippen LogP) is 4.05. The van der Waals surface area contributed by atoms with E-state index < -0.39 is 5.92 Å². The summed E-state index contributed by atoms with van der Waals surface area (Å²) in [5.41, 5.74) is 0. The van der Waals surface area contributed by atoms with Gasteiger partial charge in [0.2, 0.25) is 0 Å². The van der Waals surface area contributed by atoms with Gasteiger partial charge in [0.25, 0.3) is 5.92 Å². The molecule has 0 aromatic carbocycles. The minimum absolute atomic E-state index is 0.0384. The first-order valence-electron chi connectivity index (χ1n) is 5.31. The van der Waals surface area contributed by atoms with E-state index in [0.717, 1.165) is 15.9 Å². The molecule has 1 aromatic rings. The van der Waals surface area contributed by atoms with Crippen LogP contribution in [0.15, 0.2) is 10.5 Å². The lowest BCUT2D eigenvalue weighted by Gasteiger charge is -2.31. The normalized spacial score (nSPS) is 21.2. The van der Waals surface area contributed by atoms with Crippen LogP contribution >= 0.6 is 27.3 Å². The SMILES string of the molecule is Cc1sc(CN2CCCC(F)(F)C2)cc1Br. The Morgan fingerprint density at radius 1 is 1.56 bits per heavy atom. The van der Waals surface area contributed by atoms with Crippen LogP contribution in [-0.2, 0) is 6.54 Å². The van der Waals surface area contributed by atoms with Gasteiger partial charge < -0.3 is 0 Å². The van der Waals surface area contributed by atoms with E-state index in [0.29, 0.717) is 13.0 Å². The molecule has 0 radical (unpaired) electrons. The van der Waals surface area contributed by atoms with Crippen LogP contribution in [0.5, 0.6) is 0 Å². The van der Waals surface area contributed by atoms with E-state index in [4.69, 9.17) is 0 Å². The lowest BCUT2D eigenvalue weighted by atomic mass is 10.1. The van der Waals surface area contributed by atoms with Crippen LogP contribution in [-0.4, -0.2) is 23.9 Å². The molecule has 0 amide bonds. The molecule has 1 aliphatic rings. The first-order chi connectivity index (χ1) is 7.46. The number of likely N-dealkylation sites (tertiary alicyclic amines) is 1. The third kappa shape index (κ3) is 3.02. The molecule has 2 heterocycles. The van der Waals surface area contributed by atoms with E-state index in [-0.39, 0.29) is 13.0 Å². The van der Waals surface area contributed by atoms with Gasteiger partial charge in [0, 0.05) is 27.2 Å². The van der Waals surface area contributed by atoms with E-state index in [1.165, 1.54) is 4.88 Å². The molecule has 1 fully saturated rings. The molecule has 5 heteroatoms. The Labute approximate surface area is 107 Å². The molecule has 0 saturated carbocycles. The number of halogens is 3. The van der Waals surface area contributed by atoms with Gasteiger partial charge >= 0.3 is 0 Å². The maximum atomic E-state index is 13.2. The van der Waals surface area contributed by atoms with Crippen molar-refractivity contribution in [2.24, 2.45) is 0 Å². The largest absolute Gasteiger partial charge is 0.292 e. The van der Waals surface area contributed by atoms with Gasteiger partial charge in [-0.2, -0.15) is 0 Å². The average molecular weight is 310 g/mol. The van der Waals surface area contributed by atoms with Crippen molar-refractivity contribution in [1.29, 1.82) is 0 Å². The summed E-state index contributed by atoms with van der Waals surface area (Å²) in [5.74, 6) is -2.50. The van der Waals surface area contributed by atoms with Gasteiger partial charge in [-0.1, -0.05) is 0 Å². The van der Waals surface area contributed by atoms with Gasteiger partial charge in [0.15, 0.2) is 0 Å². The van der Waals surface area contributed by atoms with Crippen LogP contribution in [0.3, 0.4) is 0 Å². The Kier molecular flexibility index (Phi) is 3.66. The molecule has 16 heavy (non-hydrogen) atoms. The van der Waals surface area contributed by atoms with Gasteiger partial charge in [-0.25, -0.2) is 8.78 Å². The number of aryl methyl sites for hydroxylation is 1. The van der Waals surface area contributed by atoms with Gasteiger partial charge in [0.05, 0.1) is 6.54 Å². The molecule has 90 valence electrons. The third-order valence-electron chi connectivity index (χ3n) is 2.76. The third-order valence-corrected chi connectivity index (χ3v) is 4.88. The summed E-state index contributed by atoms with van der Waals surface area (Å²) in [6.07, 6.45) is 0.634. The molecule has 1 aliphatic heterocycles. The molecule has 2 rings (SSSR count). The Morgan fingerprint density at radius 2 is 2.31 bits per heavy atom. The van der Waals surface area contributed by atoms with Crippen LogP contribution in [0.2, 0.25) is 0 Å². The summed E-state index contributed by atoms with van der Waals surface area (Å²) in [6, 6.07) is 2.03. The van der Waals surface area contributed by atoms with Crippen molar-refractivity contribution in [3.63, 3.8) is 0 Å². The molecule has 1 aromatic heterocycles. The smallest absolute Gasteiger partial charge is 0.260 e. The van der Waals surface area contributed by atoms with Crippen LogP contribution in [0.4, 0.5) is 8.78 Å². The lowest BCUT2D eigenvalue weighted by Crippen LogP contribution is -2.41. The second-order valence-corrected chi connectivity index (χ2v) is 6.48. The number of piperidine rings is 1. The fourth-order valence-electron chi connectivity index (χ4n) is 2.00. The maximum Gasteiger partial charge on any atom is 0.260 e. The standard InChI is InChI=1S/C11H14BrF2NS/c1-8-10(12)5-9(16-8)6-15-4-2-3-11(13,14)7-15/h5H,2-4,6-7H2,1H3. The molecule has 1 saturated heterocycles. The predicted molar refractivity (Wildman–Crippen MR) is 66.2 cm³/mol. The minimum atomic E-state index is -2.50. The summed E-state index contributed by atoms with van der Waals surface area (Å²) < 4.78 is 27.5. The van der Waals surface area contributed by atoms with E-state index in [1.54, 1.807) is 11.3 Å². The molecule has 0 N–H and O–H groups in total. The molecule has 1 nitrogen and oxygen atoms in total. The zero-order valence-electron chi connectivity index (χ0n) is 9.10. The number of nitrogens with zero attached hydrogens (tertiary/aromatic N) is 1. The van der Waals surface area contributed by atoms with Crippen LogP contribution in [0.1, 0.15) is 22.6 Å². The average Bonchev–Trinajstić information content (AvgIpc) is 2.43. The Balaban J connectivity index is 1.99. The topological polar surface area (TPSA) is 3.24 Å². The van der Waals surface area contributed by atoms with Crippen molar-refractivity contribution in [2.75, 3.05) is 13.1 Å². The zero-order chi connectivity index (χ0) is 11.8. The van der Waals surface area contributed by atoms with Gasteiger partial charge in [0.1, 0.15) is 0 Å². The number of alkyl halides is 2. The molecule has 0 aliphatic carbocycles. The van der Waals surface area contributed by atoms with Crippen molar-refractivity contribution >= 4 is 27.3 Å². The zero-order valence-corrected chi connectivity index (χ0v) is 11.5. The highest BCUT2D eigenvalue weighted by Gasteiger charge is 2.35. The number of thiophene rings is 1. The highest BCUT2D eigenvalue weighted by atomic mass is 79.9. The highest BCUT2D eigenvalue weighted by Crippen LogP contribution is 2.31. The maximum absolute atomic E-state index is 13.2. The fraction of sp³-hybridized carbons (Fsp3) is 0.636. The molecular formula is C11H14BrF2NS. The summed E-state index contributed by atoms with van der Waals surface area (Å²) in [4.78, 5) is 4.21. The van der Waals surface area contributed by atoms with Crippen LogP contribution in [0.25, 0.3) is 0 Å². The summed E-state index contributed by atoms with van der Waals surface area (Å²) in [6.45, 7) is 3.36. The first kappa shape index (κ1) is 12.5. The number of rotatable bonds is 2. The second kappa shape index (κ2) is 4.70. The first-order valence-corrected chi connectivity index (χ1v) is 6.92. The van der Waals surface area contributed by atoms with Gasteiger partial charge in [-0.3, -0.25) is 4.90 Å². The summed E-state index contributed by atoms with van der Waals surface area (Å²) in [5, 5.41) is 0. The highest BCUT2D eigenvalue weighted by molar-refractivity contribution is 9.10. The van der Waals surface area contributed by atoms with Crippen molar-refractivity contribution in [2.45, 2.75) is 32.2 Å². The molecule has 0 unspecified atom stereocenters. The van der Waals surface area contributed by atoms with Crippen molar-refractivity contribution in [3.05, 3.63) is 20.3 Å². The number of hydrogen-bond acceptors (Lipinski definition) is 2. The molecule has 0 spiro atoms. The molecule has 0 bridgehead atoms. The van der Waals surface area contributed by atoms with E-state index >= 15 is 0 Å². The molecular weight excluding hydrogens is 296 g/mol. The number of hydrogen-bond donors (Lipinski definition) is 0. The van der Waals surface area contributed by atoms with Crippen LogP contribution < -0.4 is 0 Å². The Hall–Kier alpha value is -0.0000000000000000555. The van der Waals surface area contributed by atoms with Crippen molar-refractivity contribution < 1.29 is 8.78 Å². The Bertz CT molecular complexity index is 359. The van der Waals surface area contributed by atoms with Crippen molar-refractivity contribution in [3.8, 4) is 0 Å². The lowest BCUT2D eigenvalue weighted by molar-refractivity contribution is -0.0658. The van der Waals surface area contributed by atoms with Crippen molar-refractivity contribution in [1.82, 2.24) is 4.90 Å². The van der Waals surface area contributed by atoms with E-state index in [9.17, 15) is 8.78 Å². The van der Waals surface area contributed by atoms with Gasteiger partial charge in [-0.05, 0) is 41.9 Å². The monoisotopic (exact) mass is 309 g/mol. The quantitative estimate of drug-likeness (QED) is 0.796. The summed E-state index contributed by atoms with van der Waals surface area (Å²) in [7, 11) is 0. The van der Waals surface area contributed by atoms with E-state index in [2.05, 4.69) is 15.9 Å². The van der Waals surface area contributed by atoms with Gasteiger partial charge in [-0.15, -0.1) is 11.3 Å². The fourth-order valence-corrected chi connectivity index (χ4v) is 3.64.